The van der Waals surface area contributed by atoms with Gasteiger partial charge in [0, 0.05) is 17.2 Å². The summed E-state index contributed by atoms with van der Waals surface area (Å²) in [5.41, 5.74) is 3.24. The maximum atomic E-state index is 12.9. The normalized spacial score (nSPS) is 12.0. The largest absolute Gasteiger partial charge is 0.497 e. The molecule has 0 aliphatic carbocycles. The number of allylic oxidation sites excluding steroid dienone is 1. The fraction of sp³-hybridized carbons (Fsp3) is 0.258. The summed E-state index contributed by atoms with van der Waals surface area (Å²) in [6.07, 6.45) is 9.50. The number of ether oxygens (including phenoxy) is 4. The Balaban J connectivity index is 1.85. The average Bonchev–Trinajstić information content (AvgIpc) is 2.91. The van der Waals surface area contributed by atoms with Crippen LogP contribution in [0.15, 0.2) is 66.7 Å². The van der Waals surface area contributed by atoms with Crippen molar-refractivity contribution in [2.45, 2.75) is 32.8 Å². The molecule has 0 radical (unpaired) electrons. The quantitative estimate of drug-likeness (QED) is 0.152. The lowest BCUT2D eigenvalue weighted by Gasteiger charge is -2.13. The van der Waals surface area contributed by atoms with E-state index in [1.807, 2.05) is 61.5 Å². The molecule has 0 spiro atoms. The number of hydrogen-bond acceptors (Lipinski definition) is 5. The molecule has 0 aliphatic rings. The van der Waals surface area contributed by atoms with Crippen molar-refractivity contribution >= 4 is 24.0 Å². The third-order valence-corrected chi connectivity index (χ3v) is 5.75. The monoisotopic (exact) mass is 486 g/mol. The molecule has 0 amide bonds. The van der Waals surface area contributed by atoms with Gasteiger partial charge in [-0.1, -0.05) is 37.6 Å². The predicted octanol–water partition coefficient (Wildman–Crippen LogP) is 7.35. The van der Waals surface area contributed by atoms with Crippen LogP contribution in [-0.2, 0) is 0 Å². The van der Waals surface area contributed by atoms with Crippen LogP contribution in [0, 0.1) is 0 Å². The second-order valence-electron chi connectivity index (χ2n) is 8.38. The molecule has 0 aromatic heterocycles. The van der Waals surface area contributed by atoms with Crippen LogP contribution in [0.1, 0.15) is 53.7 Å². The Hall–Kier alpha value is -3.99. The second kappa shape index (κ2) is 13.2. The molecule has 0 bridgehead atoms. The smallest absolute Gasteiger partial charge is 0.185 e. The number of carbonyl (C=O) groups is 1. The number of ketones is 1. The van der Waals surface area contributed by atoms with Crippen LogP contribution >= 0.6 is 0 Å². The minimum atomic E-state index is -0.105. The van der Waals surface area contributed by atoms with Gasteiger partial charge >= 0.3 is 0 Å². The van der Waals surface area contributed by atoms with Gasteiger partial charge in [0.25, 0.3) is 0 Å². The minimum absolute atomic E-state index is 0.105. The molecule has 5 nitrogen and oxygen atoms in total. The first-order chi connectivity index (χ1) is 17.5. The van der Waals surface area contributed by atoms with E-state index in [9.17, 15) is 4.79 Å². The number of methoxy groups -OCH3 is 3. The number of benzene rings is 3. The van der Waals surface area contributed by atoms with E-state index < -0.39 is 0 Å². The minimum Gasteiger partial charge on any atom is -0.497 e. The van der Waals surface area contributed by atoms with Crippen molar-refractivity contribution in [1.82, 2.24) is 0 Å². The topological polar surface area (TPSA) is 54.0 Å². The standard InChI is InChI=1S/C31H34O5/c1-6-7-22(2)36-27-16-12-24(13-17-27)30(32)19-18-29-25(20-28(34-4)21-31(29)35-5)11-8-23-9-14-26(33-3)15-10-23/h8-22H,6-7H2,1-5H3/b11-8+,19-18+. The Labute approximate surface area is 214 Å². The SMILES string of the molecule is CCCC(C)Oc1ccc(C(=O)/C=C/c2c(/C=C/c3ccc(OC)cc3)cc(OC)cc2OC)cc1. The zero-order valence-electron chi connectivity index (χ0n) is 21.6. The van der Waals surface area contributed by atoms with Crippen LogP contribution in [0.3, 0.4) is 0 Å². The summed E-state index contributed by atoms with van der Waals surface area (Å²) in [5, 5.41) is 0. The Morgan fingerprint density at radius 3 is 2.08 bits per heavy atom. The summed E-state index contributed by atoms with van der Waals surface area (Å²) < 4.78 is 22.2. The van der Waals surface area contributed by atoms with Crippen molar-refractivity contribution in [2.24, 2.45) is 0 Å². The van der Waals surface area contributed by atoms with Gasteiger partial charge in [-0.15, -0.1) is 0 Å². The van der Waals surface area contributed by atoms with E-state index in [1.54, 1.807) is 51.7 Å². The van der Waals surface area contributed by atoms with E-state index in [-0.39, 0.29) is 11.9 Å². The van der Waals surface area contributed by atoms with E-state index in [1.165, 1.54) is 0 Å². The molecule has 3 rings (SSSR count). The molecule has 1 unspecified atom stereocenters. The van der Waals surface area contributed by atoms with Crippen LogP contribution in [0.2, 0.25) is 0 Å². The summed E-state index contributed by atoms with van der Waals surface area (Å²) in [7, 11) is 4.85. The maximum absolute atomic E-state index is 12.9. The molecule has 0 aliphatic heterocycles. The Kier molecular flexibility index (Phi) is 9.75. The Bertz CT molecular complexity index is 1190. The van der Waals surface area contributed by atoms with Crippen molar-refractivity contribution < 1.29 is 23.7 Å². The Morgan fingerprint density at radius 1 is 0.806 bits per heavy atom. The van der Waals surface area contributed by atoms with Crippen molar-refractivity contribution in [1.29, 1.82) is 0 Å². The van der Waals surface area contributed by atoms with Crippen molar-refractivity contribution in [2.75, 3.05) is 21.3 Å². The van der Waals surface area contributed by atoms with Crippen molar-refractivity contribution in [3.8, 4) is 23.0 Å². The first-order valence-electron chi connectivity index (χ1n) is 12.0. The highest BCUT2D eigenvalue weighted by Gasteiger charge is 2.10. The summed E-state index contributed by atoms with van der Waals surface area (Å²) >= 11 is 0. The van der Waals surface area contributed by atoms with Crippen LogP contribution in [0.25, 0.3) is 18.2 Å². The summed E-state index contributed by atoms with van der Waals surface area (Å²) in [4.78, 5) is 12.9. The molecule has 0 saturated carbocycles. The van der Waals surface area contributed by atoms with Crippen LogP contribution in [-0.4, -0.2) is 33.2 Å². The zero-order valence-corrected chi connectivity index (χ0v) is 21.6. The number of rotatable bonds is 12. The van der Waals surface area contributed by atoms with E-state index in [0.717, 1.165) is 41.0 Å². The molecular formula is C31H34O5. The van der Waals surface area contributed by atoms with Crippen LogP contribution < -0.4 is 18.9 Å². The highest BCUT2D eigenvalue weighted by molar-refractivity contribution is 6.07. The molecule has 0 fully saturated rings. The van der Waals surface area contributed by atoms with Crippen molar-refractivity contribution in [3.63, 3.8) is 0 Å². The van der Waals surface area contributed by atoms with Crippen LogP contribution in [0.5, 0.6) is 23.0 Å². The van der Waals surface area contributed by atoms with E-state index in [0.29, 0.717) is 17.1 Å². The van der Waals surface area contributed by atoms with Crippen molar-refractivity contribution in [3.05, 3.63) is 89.0 Å². The highest BCUT2D eigenvalue weighted by atomic mass is 16.5. The molecule has 3 aromatic carbocycles. The van der Waals surface area contributed by atoms with Gasteiger partial charge in [-0.2, -0.15) is 0 Å². The average molecular weight is 487 g/mol. The van der Waals surface area contributed by atoms with Gasteiger partial charge in [0.15, 0.2) is 5.78 Å². The van der Waals surface area contributed by atoms with Gasteiger partial charge in [0.2, 0.25) is 0 Å². The van der Waals surface area contributed by atoms with E-state index in [2.05, 4.69) is 6.92 Å². The zero-order chi connectivity index (χ0) is 25.9. The Morgan fingerprint density at radius 2 is 1.47 bits per heavy atom. The summed E-state index contributed by atoms with van der Waals surface area (Å²) in [6.45, 7) is 4.18. The lowest BCUT2D eigenvalue weighted by molar-refractivity contribution is 0.104. The number of carbonyl (C=O) groups excluding carboxylic acids is 1. The van der Waals surface area contributed by atoms with Crippen LogP contribution in [0.4, 0.5) is 0 Å². The molecule has 36 heavy (non-hydrogen) atoms. The predicted molar refractivity (Wildman–Crippen MR) is 146 cm³/mol. The lowest BCUT2D eigenvalue weighted by atomic mass is 10.0. The first-order valence-corrected chi connectivity index (χ1v) is 12.0. The van der Waals surface area contributed by atoms with Gasteiger partial charge in [-0.3, -0.25) is 4.79 Å². The fourth-order valence-electron chi connectivity index (χ4n) is 3.78. The van der Waals surface area contributed by atoms with E-state index in [4.69, 9.17) is 18.9 Å². The van der Waals surface area contributed by atoms with Gasteiger partial charge in [0.05, 0.1) is 27.4 Å². The van der Waals surface area contributed by atoms with Gasteiger partial charge in [-0.05, 0) is 79.1 Å². The van der Waals surface area contributed by atoms with E-state index >= 15 is 0 Å². The molecule has 5 heteroatoms. The molecule has 3 aromatic rings. The lowest BCUT2D eigenvalue weighted by Crippen LogP contribution is -2.10. The first kappa shape index (κ1) is 26.6. The fourth-order valence-corrected chi connectivity index (χ4v) is 3.78. The van der Waals surface area contributed by atoms with Gasteiger partial charge in [-0.25, -0.2) is 0 Å². The molecular weight excluding hydrogens is 452 g/mol. The molecule has 0 saturated heterocycles. The third-order valence-electron chi connectivity index (χ3n) is 5.75. The van der Waals surface area contributed by atoms with Gasteiger partial charge < -0.3 is 18.9 Å². The summed E-state index contributed by atoms with van der Waals surface area (Å²) in [6, 6.07) is 18.7. The van der Waals surface area contributed by atoms with Gasteiger partial charge in [0.1, 0.15) is 23.0 Å². The highest BCUT2D eigenvalue weighted by Crippen LogP contribution is 2.31. The summed E-state index contributed by atoms with van der Waals surface area (Å²) in [5.74, 6) is 2.73. The molecule has 0 heterocycles. The third kappa shape index (κ3) is 7.25. The maximum Gasteiger partial charge on any atom is 0.185 e. The molecule has 0 N–H and O–H groups in total. The second-order valence-corrected chi connectivity index (χ2v) is 8.38. The molecule has 1 atom stereocenters. The number of hydrogen-bond donors (Lipinski definition) is 0. The molecule has 188 valence electrons.